The number of hydrogen-bond acceptors (Lipinski definition) is 2. The Morgan fingerprint density at radius 3 is 2.42 bits per heavy atom. The predicted molar refractivity (Wildman–Crippen MR) is 41.4 cm³/mol. The van der Waals surface area contributed by atoms with Gasteiger partial charge in [-0.2, -0.15) is 13.2 Å². The lowest BCUT2D eigenvalue weighted by atomic mass is 10.3. The minimum atomic E-state index is -4.44. The maximum atomic E-state index is 12.0. The van der Waals surface area contributed by atoms with Gasteiger partial charge in [0.05, 0.1) is 16.4 Å². The summed E-state index contributed by atoms with van der Waals surface area (Å²) in [7, 11) is 0. The SMILES string of the molecule is Nc1cnc(C(F)(F)F)c(Br)c1. The molecule has 0 aliphatic carbocycles. The molecule has 12 heavy (non-hydrogen) atoms. The van der Waals surface area contributed by atoms with Gasteiger partial charge in [0.15, 0.2) is 5.69 Å². The third-order valence-corrected chi connectivity index (χ3v) is 1.74. The number of aromatic nitrogens is 1. The van der Waals surface area contributed by atoms with Gasteiger partial charge >= 0.3 is 6.18 Å². The lowest BCUT2D eigenvalue weighted by Crippen LogP contribution is -2.09. The van der Waals surface area contributed by atoms with E-state index in [1.54, 1.807) is 0 Å². The van der Waals surface area contributed by atoms with Gasteiger partial charge in [-0.1, -0.05) is 0 Å². The molecule has 0 saturated carbocycles. The lowest BCUT2D eigenvalue weighted by Gasteiger charge is -2.07. The van der Waals surface area contributed by atoms with Crippen molar-refractivity contribution in [1.82, 2.24) is 4.98 Å². The van der Waals surface area contributed by atoms with Crippen LogP contribution in [0.1, 0.15) is 5.69 Å². The third-order valence-electron chi connectivity index (χ3n) is 1.13. The average Bonchev–Trinajstić information content (AvgIpc) is 1.83. The normalized spacial score (nSPS) is 11.7. The fraction of sp³-hybridized carbons (Fsp3) is 0.167. The number of hydrogen-bond donors (Lipinski definition) is 1. The van der Waals surface area contributed by atoms with E-state index in [1.165, 1.54) is 0 Å². The van der Waals surface area contributed by atoms with Crippen LogP contribution in [0.15, 0.2) is 16.7 Å². The number of nitrogen functional groups attached to an aromatic ring is 1. The number of nitrogens with two attached hydrogens (primary N) is 1. The van der Waals surface area contributed by atoms with E-state index < -0.39 is 11.9 Å². The van der Waals surface area contributed by atoms with Crippen molar-refractivity contribution in [3.05, 3.63) is 22.4 Å². The van der Waals surface area contributed by atoms with Crippen LogP contribution in [0, 0.1) is 0 Å². The van der Waals surface area contributed by atoms with E-state index in [4.69, 9.17) is 5.73 Å². The van der Waals surface area contributed by atoms with Gasteiger partial charge in [-0.05, 0) is 22.0 Å². The Kier molecular flexibility index (Phi) is 2.27. The Morgan fingerprint density at radius 2 is 2.00 bits per heavy atom. The predicted octanol–water partition coefficient (Wildman–Crippen LogP) is 2.45. The Hall–Kier alpha value is -0.780. The molecule has 66 valence electrons. The van der Waals surface area contributed by atoms with Crippen molar-refractivity contribution in [3.8, 4) is 0 Å². The second-order valence-electron chi connectivity index (χ2n) is 2.10. The van der Waals surface area contributed by atoms with Crippen LogP contribution in [0.25, 0.3) is 0 Å². The Morgan fingerprint density at radius 1 is 1.42 bits per heavy atom. The molecule has 1 aromatic rings. The Bertz CT molecular complexity index is 297. The van der Waals surface area contributed by atoms with Crippen LogP contribution in [0.3, 0.4) is 0 Å². The summed E-state index contributed by atoms with van der Waals surface area (Å²) in [5.41, 5.74) is 4.44. The second-order valence-corrected chi connectivity index (χ2v) is 2.95. The molecule has 0 unspecified atom stereocenters. The van der Waals surface area contributed by atoms with Crippen LogP contribution in [0.4, 0.5) is 18.9 Å². The van der Waals surface area contributed by atoms with Crippen molar-refractivity contribution in [2.24, 2.45) is 0 Å². The first-order valence-corrected chi connectivity index (χ1v) is 3.69. The van der Waals surface area contributed by atoms with E-state index in [0.29, 0.717) is 0 Å². The maximum Gasteiger partial charge on any atom is 0.434 e. The first kappa shape index (κ1) is 9.31. The van der Waals surface area contributed by atoms with Crippen molar-refractivity contribution in [1.29, 1.82) is 0 Å². The third kappa shape index (κ3) is 1.88. The van der Waals surface area contributed by atoms with Gasteiger partial charge in [0.2, 0.25) is 0 Å². The van der Waals surface area contributed by atoms with Gasteiger partial charge in [-0.3, -0.25) is 0 Å². The lowest BCUT2D eigenvalue weighted by molar-refractivity contribution is -0.141. The largest absolute Gasteiger partial charge is 0.434 e. The monoisotopic (exact) mass is 240 g/mol. The van der Waals surface area contributed by atoms with Crippen LogP contribution in [-0.4, -0.2) is 4.98 Å². The number of rotatable bonds is 0. The molecule has 2 nitrogen and oxygen atoms in total. The number of nitrogens with zero attached hydrogens (tertiary/aromatic N) is 1. The van der Waals surface area contributed by atoms with Crippen LogP contribution in [0.5, 0.6) is 0 Å². The molecule has 0 spiro atoms. The molecule has 0 aromatic carbocycles. The number of halogens is 4. The average molecular weight is 241 g/mol. The zero-order chi connectivity index (χ0) is 9.35. The van der Waals surface area contributed by atoms with E-state index in [0.717, 1.165) is 12.3 Å². The zero-order valence-electron chi connectivity index (χ0n) is 5.69. The molecular formula is C6H4BrF3N2. The van der Waals surface area contributed by atoms with Gasteiger partial charge in [0.1, 0.15) is 0 Å². The Labute approximate surface area is 74.7 Å². The molecule has 1 heterocycles. The number of alkyl halides is 3. The molecular weight excluding hydrogens is 237 g/mol. The molecule has 0 amide bonds. The fourth-order valence-electron chi connectivity index (χ4n) is 0.661. The molecule has 0 radical (unpaired) electrons. The summed E-state index contributed by atoms with van der Waals surface area (Å²) in [4.78, 5) is 3.15. The van der Waals surface area contributed by atoms with Crippen molar-refractivity contribution < 1.29 is 13.2 Å². The van der Waals surface area contributed by atoms with Crippen molar-refractivity contribution >= 4 is 21.6 Å². The summed E-state index contributed by atoms with van der Waals surface area (Å²) in [5.74, 6) is 0. The van der Waals surface area contributed by atoms with Crippen LogP contribution >= 0.6 is 15.9 Å². The molecule has 0 aliphatic heterocycles. The molecule has 6 heteroatoms. The highest BCUT2D eigenvalue weighted by molar-refractivity contribution is 9.10. The smallest absolute Gasteiger partial charge is 0.397 e. The van der Waals surface area contributed by atoms with Crippen molar-refractivity contribution in [2.75, 3.05) is 5.73 Å². The van der Waals surface area contributed by atoms with Crippen LogP contribution in [-0.2, 0) is 6.18 Å². The summed E-state index contributed by atoms with van der Waals surface area (Å²) in [6.45, 7) is 0. The van der Waals surface area contributed by atoms with Gasteiger partial charge in [-0.15, -0.1) is 0 Å². The molecule has 0 saturated heterocycles. The summed E-state index contributed by atoms with van der Waals surface area (Å²) in [6, 6.07) is 1.16. The summed E-state index contributed by atoms with van der Waals surface area (Å²) >= 11 is 2.72. The van der Waals surface area contributed by atoms with Crippen molar-refractivity contribution in [2.45, 2.75) is 6.18 Å². The highest BCUT2D eigenvalue weighted by Crippen LogP contribution is 2.33. The maximum absolute atomic E-state index is 12.0. The topological polar surface area (TPSA) is 38.9 Å². The van der Waals surface area contributed by atoms with Gasteiger partial charge in [0.25, 0.3) is 0 Å². The quantitative estimate of drug-likeness (QED) is 0.757. The van der Waals surface area contributed by atoms with Gasteiger partial charge in [-0.25, -0.2) is 4.98 Å². The van der Waals surface area contributed by atoms with Crippen LogP contribution in [0.2, 0.25) is 0 Å². The number of anilines is 1. The molecule has 0 aliphatic rings. The first-order chi connectivity index (χ1) is 5.41. The van der Waals surface area contributed by atoms with E-state index in [9.17, 15) is 13.2 Å². The van der Waals surface area contributed by atoms with Crippen LogP contribution < -0.4 is 5.73 Å². The first-order valence-electron chi connectivity index (χ1n) is 2.89. The molecule has 0 fully saturated rings. The molecule has 1 rings (SSSR count). The van der Waals surface area contributed by atoms with Gasteiger partial charge < -0.3 is 5.73 Å². The standard InChI is InChI=1S/C6H4BrF3N2/c7-4-1-3(11)2-12-5(4)6(8,9)10/h1-2H,11H2. The highest BCUT2D eigenvalue weighted by Gasteiger charge is 2.34. The second kappa shape index (κ2) is 2.93. The molecule has 1 aromatic heterocycles. The summed E-state index contributed by atoms with van der Waals surface area (Å²) in [5, 5.41) is 0. The van der Waals surface area contributed by atoms with E-state index >= 15 is 0 Å². The van der Waals surface area contributed by atoms with Gasteiger partial charge in [0, 0.05) is 0 Å². The van der Waals surface area contributed by atoms with E-state index in [-0.39, 0.29) is 10.2 Å². The minimum Gasteiger partial charge on any atom is -0.397 e. The molecule has 0 bridgehead atoms. The summed E-state index contributed by atoms with van der Waals surface area (Å²) in [6.07, 6.45) is -3.47. The van der Waals surface area contributed by atoms with Crippen molar-refractivity contribution in [3.63, 3.8) is 0 Å². The highest BCUT2D eigenvalue weighted by atomic mass is 79.9. The zero-order valence-corrected chi connectivity index (χ0v) is 7.28. The number of pyridine rings is 1. The fourth-order valence-corrected chi connectivity index (χ4v) is 1.25. The van der Waals surface area contributed by atoms with E-state index in [2.05, 4.69) is 20.9 Å². The van der Waals surface area contributed by atoms with E-state index in [1.807, 2.05) is 0 Å². The Balaban J connectivity index is 3.19. The minimum absolute atomic E-state index is 0.144. The summed E-state index contributed by atoms with van der Waals surface area (Å²) < 4.78 is 36.0. The molecule has 0 atom stereocenters. The molecule has 2 N–H and O–H groups in total.